The van der Waals surface area contributed by atoms with Crippen molar-refractivity contribution in [2.24, 2.45) is 0 Å². The lowest BCUT2D eigenvalue weighted by Gasteiger charge is -2.23. The van der Waals surface area contributed by atoms with Crippen LogP contribution in [0.15, 0.2) is 52.0 Å². The molecule has 1 saturated heterocycles. The zero-order valence-electron chi connectivity index (χ0n) is 15.9. The molecule has 1 aromatic heterocycles. The van der Waals surface area contributed by atoms with Gasteiger partial charge in [0, 0.05) is 5.69 Å². The number of hydrogen-bond acceptors (Lipinski definition) is 5. The summed E-state index contributed by atoms with van der Waals surface area (Å²) in [6.45, 7) is 2.26. The average Bonchev–Trinajstić information content (AvgIpc) is 3.16. The third kappa shape index (κ3) is 6.19. The summed E-state index contributed by atoms with van der Waals surface area (Å²) in [4.78, 5) is 14.7. The summed E-state index contributed by atoms with van der Waals surface area (Å²) in [5.41, 5.74) is 0.470. The van der Waals surface area contributed by atoms with E-state index in [0.29, 0.717) is 18.0 Å². The minimum atomic E-state index is -3.70. The van der Waals surface area contributed by atoms with Crippen molar-refractivity contribution in [1.29, 1.82) is 0 Å². The first-order chi connectivity index (χ1) is 13.5. The van der Waals surface area contributed by atoms with Gasteiger partial charge >= 0.3 is 0 Å². The fourth-order valence-corrected chi connectivity index (χ4v) is 4.32. The summed E-state index contributed by atoms with van der Waals surface area (Å²) in [5.74, 6) is 0.403. The molecular formula is C20H27N3O4S. The second kappa shape index (κ2) is 9.86. The first kappa shape index (κ1) is 20.6. The molecule has 2 aromatic rings. The van der Waals surface area contributed by atoms with Gasteiger partial charge in [0.1, 0.15) is 5.76 Å². The molecule has 152 valence electrons. The van der Waals surface area contributed by atoms with E-state index in [4.69, 9.17) is 4.42 Å². The Hall–Kier alpha value is -2.16. The molecule has 28 heavy (non-hydrogen) atoms. The highest BCUT2D eigenvalue weighted by molar-refractivity contribution is 7.89. The number of sulfonamides is 1. The molecule has 1 amide bonds. The molecule has 1 aromatic carbocycles. The Bertz CT molecular complexity index is 857. The van der Waals surface area contributed by atoms with Gasteiger partial charge in [-0.15, -0.1) is 0 Å². The molecule has 0 atom stereocenters. The van der Waals surface area contributed by atoms with Crippen molar-refractivity contribution in [3.63, 3.8) is 0 Å². The van der Waals surface area contributed by atoms with Gasteiger partial charge in [0.15, 0.2) is 0 Å². The van der Waals surface area contributed by atoms with Crippen molar-refractivity contribution in [2.45, 2.75) is 43.5 Å². The number of carbonyl (C=O) groups is 1. The smallest absolute Gasteiger partial charge is 0.241 e. The van der Waals surface area contributed by atoms with Crippen molar-refractivity contribution < 1.29 is 17.6 Å². The third-order valence-electron chi connectivity index (χ3n) is 4.76. The SMILES string of the molecule is O=C(CN1CCCCCCC1)Nc1cccc(S(=O)(=O)NCc2ccco2)c1. The molecule has 1 aliphatic heterocycles. The van der Waals surface area contributed by atoms with E-state index in [1.54, 1.807) is 24.3 Å². The minimum Gasteiger partial charge on any atom is -0.468 e. The van der Waals surface area contributed by atoms with Crippen LogP contribution >= 0.6 is 0 Å². The van der Waals surface area contributed by atoms with E-state index in [0.717, 1.165) is 25.9 Å². The van der Waals surface area contributed by atoms with Crippen molar-refractivity contribution in [3.05, 3.63) is 48.4 Å². The molecule has 0 spiro atoms. The summed E-state index contributed by atoms with van der Waals surface area (Å²) < 4.78 is 32.6. The van der Waals surface area contributed by atoms with E-state index < -0.39 is 10.0 Å². The molecule has 0 bridgehead atoms. The van der Waals surface area contributed by atoms with Crippen LogP contribution in [-0.4, -0.2) is 38.9 Å². The number of amides is 1. The Labute approximate surface area is 166 Å². The van der Waals surface area contributed by atoms with Crippen LogP contribution < -0.4 is 10.0 Å². The molecule has 0 radical (unpaired) electrons. The van der Waals surface area contributed by atoms with Crippen LogP contribution in [-0.2, 0) is 21.4 Å². The molecule has 0 aliphatic carbocycles. The van der Waals surface area contributed by atoms with Crippen LogP contribution in [0, 0.1) is 0 Å². The third-order valence-corrected chi connectivity index (χ3v) is 6.16. The topological polar surface area (TPSA) is 91.7 Å². The molecule has 7 nitrogen and oxygen atoms in total. The quantitative estimate of drug-likeness (QED) is 0.739. The zero-order valence-corrected chi connectivity index (χ0v) is 16.7. The van der Waals surface area contributed by atoms with E-state index >= 15 is 0 Å². The van der Waals surface area contributed by atoms with E-state index in [-0.39, 0.29) is 17.3 Å². The van der Waals surface area contributed by atoms with E-state index in [1.165, 1.54) is 37.7 Å². The Morgan fingerprint density at radius 3 is 2.50 bits per heavy atom. The largest absolute Gasteiger partial charge is 0.468 e. The number of rotatable bonds is 7. The van der Waals surface area contributed by atoms with Crippen molar-refractivity contribution in [2.75, 3.05) is 25.0 Å². The maximum absolute atomic E-state index is 12.5. The highest BCUT2D eigenvalue weighted by Crippen LogP contribution is 2.16. The minimum absolute atomic E-state index is 0.0703. The summed E-state index contributed by atoms with van der Waals surface area (Å²) in [6.07, 6.45) is 7.41. The number of likely N-dealkylation sites (tertiary alicyclic amines) is 1. The monoisotopic (exact) mass is 405 g/mol. The average molecular weight is 406 g/mol. The number of nitrogens with zero attached hydrogens (tertiary/aromatic N) is 1. The Morgan fingerprint density at radius 1 is 1.04 bits per heavy atom. The standard InChI is InChI=1S/C20H27N3O4S/c24-20(16-23-11-4-2-1-3-5-12-23)22-17-8-6-10-19(14-17)28(25,26)21-15-18-9-7-13-27-18/h6-10,13-14,21H,1-5,11-12,15-16H2,(H,22,24). The number of nitrogens with one attached hydrogen (secondary N) is 2. The van der Waals surface area contributed by atoms with Gasteiger partial charge in [-0.2, -0.15) is 0 Å². The maximum atomic E-state index is 12.5. The van der Waals surface area contributed by atoms with Gasteiger partial charge in [-0.1, -0.05) is 25.3 Å². The van der Waals surface area contributed by atoms with Crippen LogP contribution in [0.1, 0.15) is 37.9 Å². The van der Waals surface area contributed by atoms with Crippen LogP contribution in [0.2, 0.25) is 0 Å². The lowest BCUT2D eigenvalue weighted by Crippen LogP contribution is -2.35. The van der Waals surface area contributed by atoms with Gasteiger partial charge in [0.05, 0.1) is 24.2 Å². The number of carbonyl (C=O) groups excluding carboxylic acids is 1. The molecule has 2 N–H and O–H groups in total. The first-order valence-corrected chi connectivity index (χ1v) is 11.2. The fourth-order valence-electron chi connectivity index (χ4n) is 3.28. The molecule has 3 rings (SSSR count). The number of benzene rings is 1. The second-order valence-corrected chi connectivity index (χ2v) is 8.79. The van der Waals surface area contributed by atoms with Crippen molar-refractivity contribution in [3.8, 4) is 0 Å². The van der Waals surface area contributed by atoms with Crippen LogP contribution in [0.5, 0.6) is 0 Å². The lowest BCUT2D eigenvalue weighted by atomic mass is 10.1. The molecule has 0 saturated carbocycles. The fraction of sp³-hybridized carbons (Fsp3) is 0.450. The zero-order chi connectivity index (χ0) is 19.8. The molecule has 1 aliphatic rings. The van der Waals surface area contributed by atoms with E-state index in [9.17, 15) is 13.2 Å². The van der Waals surface area contributed by atoms with Crippen molar-refractivity contribution >= 4 is 21.6 Å². The summed E-state index contributed by atoms with van der Waals surface area (Å²) in [6, 6.07) is 9.67. The van der Waals surface area contributed by atoms with Gasteiger partial charge in [-0.3, -0.25) is 9.69 Å². The van der Waals surface area contributed by atoms with E-state index in [2.05, 4.69) is 14.9 Å². The molecule has 1 fully saturated rings. The molecule has 2 heterocycles. The molecule has 8 heteroatoms. The predicted molar refractivity (Wildman–Crippen MR) is 107 cm³/mol. The maximum Gasteiger partial charge on any atom is 0.241 e. The second-order valence-electron chi connectivity index (χ2n) is 7.02. The Morgan fingerprint density at radius 2 is 1.79 bits per heavy atom. The highest BCUT2D eigenvalue weighted by Gasteiger charge is 2.16. The van der Waals surface area contributed by atoms with E-state index in [1.807, 2.05) is 0 Å². The molecular weight excluding hydrogens is 378 g/mol. The summed E-state index contributed by atoms with van der Waals surface area (Å²) in [7, 11) is -3.70. The number of hydrogen-bond donors (Lipinski definition) is 2. The van der Waals surface area contributed by atoms with Gasteiger partial charge in [-0.05, 0) is 56.3 Å². The van der Waals surface area contributed by atoms with Crippen LogP contribution in [0.4, 0.5) is 5.69 Å². The predicted octanol–water partition coefficient (Wildman–Crippen LogP) is 2.96. The van der Waals surface area contributed by atoms with Gasteiger partial charge in [0.2, 0.25) is 15.9 Å². The Balaban J connectivity index is 1.58. The summed E-state index contributed by atoms with van der Waals surface area (Å²) >= 11 is 0. The van der Waals surface area contributed by atoms with Crippen LogP contribution in [0.3, 0.4) is 0 Å². The highest BCUT2D eigenvalue weighted by atomic mass is 32.2. The number of furan rings is 1. The summed E-state index contributed by atoms with van der Waals surface area (Å²) in [5, 5.41) is 2.82. The normalized spacial score (nSPS) is 16.3. The lowest BCUT2D eigenvalue weighted by molar-refractivity contribution is -0.117. The van der Waals surface area contributed by atoms with Gasteiger partial charge in [-0.25, -0.2) is 13.1 Å². The Kier molecular flexibility index (Phi) is 7.24. The van der Waals surface area contributed by atoms with Gasteiger partial charge in [0.25, 0.3) is 0 Å². The van der Waals surface area contributed by atoms with Crippen molar-refractivity contribution in [1.82, 2.24) is 9.62 Å². The van der Waals surface area contributed by atoms with Gasteiger partial charge < -0.3 is 9.73 Å². The molecule has 0 unspecified atom stereocenters. The van der Waals surface area contributed by atoms with Crippen LogP contribution in [0.25, 0.3) is 0 Å². The number of anilines is 1. The first-order valence-electron chi connectivity index (χ1n) is 9.67.